The topological polar surface area (TPSA) is 84.3 Å². The third-order valence-electron chi connectivity index (χ3n) is 5.23. The molecular formula is C24H24N2O4. The number of fused-ring (bicyclic) bond motifs is 2. The lowest BCUT2D eigenvalue weighted by molar-refractivity contribution is -0.127. The SMILES string of the molecule is CCc1cc(=O)oc2cc(O[C@H](C)C(=O)NCCc3c[nH]c4ccccc34)ccc12. The van der Waals surface area contributed by atoms with E-state index < -0.39 is 6.10 Å². The molecule has 0 radical (unpaired) electrons. The van der Waals surface area contributed by atoms with E-state index in [2.05, 4.69) is 16.4 Å². The van der Waals surface area contributed by atoms with Crippen molar-refractivity contribution in [1.29, 1.82) is 0 Å². The molecule has 6 nitrogen and oxygen atoms in total. The predicted octanol–water partition coefficient (Wildman–Crippen LogP) is 3.96. The molecule has 1 amide bonds. The highest BCUT2D eigenvalue weighted by molar-refractivity contribution is 5.84. The van der Waals surface area contributed by atoms with Crippen molar-refractivity contribution in [2.75, 3.05) is 6.54 Å². The maximum atomic E-state index is 12.4. The number of hydrogen-bond acceptors (Lipinski definition) is 4. The number of aromatic nitrogens is 1. The van der Waals surface area contributed by atoms with Crippen molar-refractivity contribution in [2.24, 2.45) is 0 Å². The zero-order chi connectivity index (χ0) is 21.1. The summed E-state index contributed by atoms with van der Waals surface area (Å²) in [5.41, 5.74) is 3.25. The van der Waals surface area contributed by atoms with Gasteiger partial charge in [-0.2, -0.15) is 0 Å². The van der Waals surface area contributed by atoms with Crippen LogP contribution in [0.2, 0.25) is 0 Å². The van der Waals surface area contributed by atoms with Crippen LogP contribution >= 0.6 is 0 Å². The fourth-order valence-corrected chi connectivity index (χ4v) is 3.64. The summed E-state index contributed by atoms with van der Waals surface area (Å²) in [5, 5.41) is 4.96. The van der Waals surface area contributed by atoms with Gasteiger partial charge in [-0.3, -0.25) is 4.79 Å². The maximum Gasteiger partial charge on any atom is 0.336 e. The number of ether oxygens (including phenoxy) is 1. The average molecular weight is 404 g/mol. The van der Waals surface area contributed by atoms with Crippen LogP contribution in [0.3, 0.4) is 0 Å². The van der Waals surface area contributed by atoms with E-state index >= 15 is 0 Å². The summed E-state index contributed by atoms with van der Waals surface area (Å²) in [7, 11) is 0. The summed E-state index contributed by atoms with van der Waals surface area (Å²) >= 11 is 0. The van der Waals surface area contributed by atoms with Gasteiger partial charge in [0.2, 0.25) is 0 Å². The molecule has 0 aliphatic heterocycles. The Morgan fingerprint density at radius 2 is 1.97 bits per heavy atom. The van der Waals surface area contributed by atoms with Crippen LogP contribution in [0.15, 0.2) is 63.9 Å². The van der Waals surface area contributed by atoms with E-state index in [0.29, 0.717) is 17.9 Å². The number of amides is 1. The molecule has 2 aromatic carbocycles. The largest absolute Gasteiger partial charge is 0.481 e. The number of aromatic amines is 1. The Kier molecular flexibility index (Phi) is 5.57. The van der Waals surface area contributed by atoms with Crippen LogP contribution in [0.4, 0.5) is 0 Å². The summed E-state index contributed by atoms with van der Waals surface area (Å²) in [5.74, 6) is 0.289. The Morgan fingerprint density at radius 1 is 1.13 bits per heavy atom. The molecule has 4 aromatic rings. The minimum Gasteiger partial charge on any atom is -0.481 e. The van der Waals surface area contributed by atoms with E-state index in [9.17, 15) is 9.59 Å². The number of hydrogen-bond donors (Lipinski definition) is 2. The van der Waals surface area contributed by atoms with Gasteiger partial charge in [0.15, 0.2) is 6.10 Å². The second-order valence-electron chi connectivity index (χ2n) is 7.26. The average Bonchev–Trinajstić information content (AvgIpc) is 3.16. The van der Waals surface area contributed by atoms with Gasteiger partial charge in [0.25, 0.3) is 5.91 Å². The minimum atomic E-state index is -0.675. The van der Waals surface area contributed by atoms with Crippen LogP contribution in [0.1, 0.15) is 25.0 Å². The second-order valence-corrected chi connectivity index (χ2v) is 7.26. The van der Waals surface area contributed by atoms with Crippen LogP contribution in [0.5, 0.6) is 5.75 Å². The summed E-state index contributed by atoms with van der Waals surface area (Å²) in [6.45, 7) is 4.20. The zero-order valence-electron chi connectivity index (χ0n) is 17.0. The molecule has 6 heteroatoms. The molecule has 1 atom stereocenters. The molecule has 0 aliphatic rings. The minimum absolute atomic E-state index is 0.196. The molecule has 0 bridgehead atoms. The quantitative estimate of drug-likeness (QED) is 0.457. The van der Waals surface area contributed by atoms with Crippen molar-refractivity contribution in [3.05, 3.63) is 76.3 Å². The molecule has 0 aliphatic carbocycles. The number of benzene rings is 2. The van der Waals surface area contributed by atoms with Crippen molar-refractivity contribution in [2.45, 2.75) is 32.8 Å². The number of carbonyl (C=O) groups is 1. The molecular weight excluding hydrogens is 380 g/mol. The number of H-pyrrole nitrogens is 1. The Balaban J connectivity index is 1.38. The number of aryl methyl sites for hydroxylation is 1. The van der Waals surface area contributed by atoms with Crippen LogP contribution in [-0.4, -0.2) is 23.5 Å². The first-order valence-corrected chi connectivity index (χ1v) is 10.1. The van der Waals surface area contributed by atoms with Crippen molar-refractivity contribution >= 4 is 27.8 Å². The summed E-state index contributed by atoms with van der Waals surface area (Å²) in [6.07, 6.45) is 2.76. The van der Waals surface area contributed by atoms with Crippen LogP contribution in [-0.2, 0) is 17.6 Å². The van der Waals surface area contributed by atoms with E-state index in [1.54, 1.807) is 19.1 Å². The van der Waals surface area contributed by atoms with Crippen LogP contribution in [0, 0.1) is 0 Å². The van der Waals surface area contributed by atoms with Gasteiger partial charge in [0, 0.05) is 41.2 Å². The van der Waals surface area contributed by atoms with E-state index in [1.807, 2.05) is 37.4 Å². The Hall–Kier alpha value is -3.54. The molecule has 2 N–H and O–H groups in total. The molecule has 2 aromatic heterocycles. The van der Waals surface area contributed by atoms with Crippen molar-refractivity contribution in [3.8, 4) is 5.75 Å². The van der Waals surface area contributed by atoms with E-state index in [1.165, 1.54) is 11.5 Å². The molecule has 0 fully saturated rings. The Labute approximate surface area is 173 Å². The molecule has 154 valence electrons. The summed E-state index contributed by atoms with van der Waals surface area (Å²) in [6, 6.07) is 14.9. The van der Waals surface area contributed by atoms with Gasteiger partial charge in [-0.15, -0.1) is 0 Å². The molecule has 30 heavy (non-hydrogen) atoms. The fraction of sp³-hybridized carbons (Fsp3) is 0.250. The second kappa shape index (κ2) is 8.45. The highest BCUT2D eigenvalue weighted by Crippen LogP contribution is 2.24. The summed E-state index contributed by atoms with van der Waals surface area (Å²) < 4.78 is 11.1. The highest BCUT2D eigenvalue weighted by Gasteiger charge is 2.15. The van der Waals surface area contributed by atoms with E-state index in [0.717, 1.165) is 34.9 Å². The summed E-state index contributed by atoms with van der Waals surface area (Å²) in [4.78, 5) is 27.4. The monoisotopic (exact) mass is 404 g/mol. The number of rotatable bonds is 7. The standard InChI is InChI=1S/C24H24N2O4/c1-3-16-12-23(27)30-22-13-18(8-9-20(16)22)29-15(2)24(28)25-11-10-17-14-26-21-7-5-4-6-19(17)21/h4-9,12-15,26H,3,10-11H2,1-2H3,(H,25,28)/t15-/m1/s1. The number of nitrogens with one attached hydrogen (secondary N) is 2. The van der Waals surface area contributed by atoms with Gasteiger partial charge in [-0.05, 0) is 49.1 Å². The first kappa shape index (κ1) is 19.8. The molecule has 2 heterocycles. The number of carbonyl (C=O) groups excluding carboxylic acids is 1. The van der Waals surface area contributed by atoms with E-state index in [-0.39, 0.29) is 11.5 Å². The van der Waals surface area contributed by atoms with Gasteiger partial charge < -0.3 is 19.5 Å². The molecule has 0 unspecified atom stereocenters. The number of para-hydroxylation sites is 1. The van der Waals surface area contributed by atoms with Gasteiger partial charge in [0.05, 0.1) is 0 Å². The third-order valence-corrected chi connectivity index (χ3v) is 5.23. The van der Waals surface area contributed by atoms with E-state index in [4.69, 9.17) is 9.15 Å². The van der Waals surface area contributed by atoms with Gasteiger partial charge in [-0.1, -0.05) is 25.1 Å². The first-order chi connectivity index (χ1) is 14.5. The lowest BCUT2D eigenvalue weighted by atomic mass is 10.1. The van der Waals surface area contributed by atoms with Crippen molar-refractivity contribution in [3.63, 3.8) is 0 Å². The first-order valence-electron chi connectivity index (χ1n) is 10.1. The fourth-order valence-electron chi connectivity index (χ4n) is 3.64. The lowest BCUT2D eigenvalue weighted by Gasteiger charge is -2.15. The van der Waals surface area contributed by atoms with Gasteiger partial charge in [0.1, 0.15) is 11.3 Å². The normalized spacial score (nSPS) is 12.2. The lowest BCUT2D eigenvalue weighted by Crippen LogP contribution is -2.37. The van der Waals surface area contributed by atoms with Crippen molar-refractivity contribution in [1.82, 2.24) is 10.3 Å². The Morgan fingerprint density at radius 3 is 2.80 bits per heavy atom. The zero-order valence-corrected chi connectivity index (χ0v) is 17.0. The van der Waals surface area contributed by atoms with Crippen molar-refractivity contribution < 1.29 is 13.9 Å². The molecule has 4 rings (SSSR count). The Bertz CT molecular complexity index is 1260. The highest BCUT2D eigenvalue weighted by atomic mass is 16.5. The smallest absolute Gasteiger partial charge is 0.336 e. The van der Waals surface area contributed by atoms with Crippen LogP contribution < -0.4 is 15.7 Å². The third kappa shape index (κ3) is 4.08. The van der Waals surface area contributed by atoms with Gasteiger partial charge in [-0.25, -0.2) is 4.79 Å². The van der Waals surface area contributed by atoms with Crippen LogP contribution in [0.25, 0.3) is 21.9 Å². The molecule has 0 saturated carbocycles. The molecule has 0 spiro atoms. The maximum absolute atomic E-state index is 12.4. The predicted molar refractivity (Wildman–Crippen MR) is 117 cm³/mol. The molecule has 0 saturated heterocycles. The van der Waals surface area contributed by atoms with Gasteiger partial charge >= 0.3 is 5.63 Å².